The molecule has 4 nitrogen and oxygen atoms in total. The van der Waals surface area contributed by atoms with E-state index in [2.05, 4.69) is 4.98 Å². The van der Waals surface area contributed by atoms with Crippen LogP contribution in [0.2, 0.25) is 0 Å². The van der Waals surface area contributed by atoms with Crippen LogP contribution in [0.15, 0.2) is 47.4 Å². The molecule has 1 aromatic carbocycles. The summed E-state index contributed by atoms with van der Waals surface area (Å²) in [7, 11) is 0. The Labute approximate surface area is 80.6 Å². The molecule has 2 aromatic rings. The van der Waals surface area contributed by atoms with Crippen molar-refractivity contribution in [2.75, 3.05) is 5.73 Å². The summed E-state index contributed by atoms with van der Waals surface area (Å²) in [6.07, 6.45) is 1.61. The number of anilines is 1. The van der Waals surface area contributed by atoms with Gasteiger partial charge in [0.15, 0.2) is 0 Å². The molecule has 0 aliphatic heterocycles. The Morgan fingerprint density at radius 3 is 2.50 bits per heavy atom. The fourth-order valence-electron chi connectivity index (χ4n) is 1.20. The monoisotopic (exact) mass is 187 g/mol. The lowest BCUT2D eigenvalue weighted by Crippen LogP contribution is -2.21. The minimum absolute atomic E-state index is 0.238. The summed E-state index contributed by atoms with van der Waals surface area (Å²) in [5.74, 6) is 0.238. The van der Waals surface area contributed by atoms with Crippen molar-refractivity contribution < 1.29 is 0 Å². The van der Waals surface area contributed by atoms with E-state index in [1.54, 1.807) is 12.3 Å². The number of nitrogens with two attached hydrogens (primary N) is 1. The Morgan fingerprint density at radius 1 is 1.14 bits per heavy atom. The van der Waals surface area contributed by atoms with E-state index in [0.717, 1.165) is 5.69 Å². The summed E-state index contributed by atoms with van der Waals surface area (Å²) in [5, 5.41) is 0. The molecular formula is C10H9N3O. The van der Waals surface area contributed by atoms with Gasteiger partial charge in [-0.3, -0.25) is 4.57 Å². The summed E-state index contributed by atoms with van der Waals surface area (Å²) < 4.78 is 1.44. The van der Waals surface area contributed by atoms with E-state index in [4.69, 9.17) is 5.73 Å². The van der Waals surface area contributed by atoms with Crippen molar-refractivity contribution in [1.29, 1.82) is 0 Å². The maximum atomic E-state index is 11.4. The first-order valence-electron chi connectivity index (χ1n) is 4.18. The van der Waals surface area contributed by atoms with Crippen LogP contribution in [-0.4, -0.2) is 9.55 Å². The molecule has 0 bridgehead atoms. The van der Waals surface area contributed by atoms with Gasteiger partial charge in [0.2, 0.25) is 0 Å². The van der Waals surface area contributed by atoms with Crippen molar-refractivity contribution in [2.45, 2.75) is 0 Å². The molecule has 0 spiro atoms. The molecule has 2 N–H and O–H groups in total. The van der Waals surface area contributed by atoms with E-state index in [1.807, 2.05) is 30.3 Å². The van der Waals surface area contributed by atoms with Gasteiger partial charge < -0.3 is 5.73 Å². The molecule has 0 amide bonds. The first-order valence-corrected chi connectivity index (χ1v) is 4.18. The second-order valence-electron chi connectivity index (χ2n) is 2.84. The van der Waals surface area contributed by atoms with Gasteiger partial charge in [-0.25, -0.2) is 4.79 Å². The quantitative estimate of drug-likeness (QED) is 0.718. The first kappa shape index (κ1) is 8.50. The first-order chi connectivity index (χ1) is 6.77. The molecule has 0 atom stereocenters. The SMILES string of the molecule is Nc1ccn(-c2ccccc2)c(=O)n1. The number of hydrogen-bond acceptors (Lipinski definition) is 3. The van der Waals surface area contributed by atoms with Crippen molar-refractivity contribution in [3.63, 3.8) is 0 Å². The molecule has 70 valence electrons. The van der Waals surface area contributed by atoms with Crippen molar-refractivity contribution in [3.8, 4) is 5.69 Å². The minimum atomic E-state index is -0.365. The Hall–Kier alpha value is -2.10. The topological polar surface area (TPSA) is 60.9 Å². The van der Waals surface area contributed by atoms with E-state index in [-0.39, 0.29) is 11.5 Å². The predicted molar refractivity (Wildman–Crippen MR) is 54.2 cm³/mol. The zero-order valence-electron chi connectivity index (χ0n) is 7.42. The molecule has 0 aliphatic rings. The van der Waals surface area contributed by atoms with Crippen LogP contribution in [-0.2, 0) is 0 Å². The summed E-state index contributed by atoms with van der Waals surface area (Å²) in [6, 6.07) is 10.9. The molecule has 0 saturated heterocycles. The highest BCUT2D eigenvalue weighted by molar-refractivity contribution is 5.33. The largest absolute Gasteiger partial charge is 0.383 e. The summed E-state index contributed by atoms with van der Waals surface area (Å²) in [6.45, 7) is 0. The smallest absolute Gasteiger partial charge is 0.354 e. The number of para-hydroxylation sites is 1. The highest BCUT2D eigenvalue weighted by Crippen LogP contribution is 2.03. The molecule has 1 heterocycles. The van der Waals surface area contributed by atoms with Gasteiger partial charge in [0.25, 0.3) is 0 Å². The maximum absolute atomic E-state index is 11.4. The standard InChI is InChI=1S/C10H9N3O/c11-9-6-7-13(10(14)12-9)8-4-2-1-3-5-8/h1-7H,(H2,11,12,14). The van der Waals surface area contributed by atoms with E-state index < -0.39 is 0 Å². The van der Waals surface area contributed by atoms with Gasteiger partial charge in [0.05, 0.1) is 5.69 Å². The van der Waals surface area contributed by atoms with Gasteiger partial charge in [-0.15, -0.1) is 0 Å². The van der Waals surface area contributed by atoms with Crippen LogP contribution in [0.25, 0.3) is 5.69 Å². The Kier molecular flexibility index (Phi) is 2.02. The average molecular weight is 187 g/mol. The van der Waals surface area contributed by atoms with Gasteiger partial charge in [-0.2, -0.15) is 4.98 Å². The van der Waals surface area contributed by atoms with Gasteiger partial charge in [-0.1, -0.05) is 18.2 Å². The number of hydrogen-bond donors (Lipinski definition) is 1. The van der Waals surface area contributed by atoms with Crippen molar-refractivity contribution >= 4 is 5.82 Å². The van der Waals surface area contributed by atoms with Crippen LogP contribution in [0, 0.1) is 0 Å². The van der Waals surface area contributed by atoms with E-state index in [0.29, 0.717) is 0 Å². The molecule has 2 rings (SSSR count). The Balaban J connectivity index is 2.59. The van der Waals surface area contributed by atoms with Crippen molar-refractivity contribution in [2.24, 2.45) is 0 Å². The molecule has 14 heavy (non-hydrogen) atoms. The van der Waals surface area contributed by atoms with E-state index >= 15 is 0 Å². The number of nitrogens with zero attached hydrogens (tertiary/aromatic N) is 2. The number of aromatic nitrogens is 2. The third-order valence-corrected chi connectivity index (χ3v) is 1.86. The Morgan fingerprint density at radius 2 is 1.86 bits per heavy atom. The van der Waals surface area contributed by atoms with Crippen LogP contribution in [0.1, 0.15) is 0 Å². The van der Waals surface area contributed by atoms with E-state index in [9.17, 15) is 4.79 Å². The Bertz CT molecular complexity index is 490. The van der Waals surface area contributed by atoms with Gasteiger partial charge in [0.1, 0.15) is 5.82 Å². The zero-order valence-corrected chi connectivity index (χ0v) is 7.42. The van der Waals surface area contributed by atoms with Crippen LogP contribution < -0.4 is 11.4 Å². The number of benzene rings is 1. The predicted octanol–water partition coefficient (Wildman–Crippen LogP) is 0.815. The van der Waals surface area contributed by atoms with Crippen molar-refractivity contribution in [1.82, 2.24) is 9.55 Å². The number of nitrogen functional groups attached to an aromatic ring is 1. The lowest BCUT2D eigenvalue weighted by atomic mass is 10.3. The molecule has 4 heteroatoms. The molecule has 0 aliphatic carbocycles. The zero-order chi connectivity index (χ0) is 9.97. The fourth-order valence-corrected chi connectivity index (χ4v) is 1.20. The highest BCUT2D eigenvalue weighted by Gasteiger charge is 1.98. The van der Waals surface area contributed by atoms with Crippen LogP contribution in [0.5, 0.6) is 0 Å². The van der Waals surface area contributed by atoms with Gasteiger partial charge in [-0.05, 0) is 18.2 Å². The molecule has 0 radical (unpaired) electrons. The van der Waals surface area contributed by atoms with Crippen LogP contribution in [0.4, 0.5) is 5.82 Å². The maximum Gasteiger partial charge on any atom is 0.354 e. The van der Waals surface area contributed by atoms with Crippen LogP contribution in [0.3, 0.4) is 0 Å². The fraction of sp³-hybridized carbons (Fsp3) is 0. The minimum Gasteiger partial charge on any atom is -0.383 e. The second kappa shape index (κ2) is 3.33. The second-order valence-corrected chi connectivity index (χ2v) is 2.84. The molecular weight excluding hydrogens is 178 g/mol. The van der Waals surface area contributed by atoms with Crippen molar-refractivity contribution in [3.05, 3.63) is 53.1 Å². The summed E-state index contributed by atoms with van der Waals surface area (Å²) >= 11 is 0. The normalized spacial score (nSPS) is 10.0. The molecule has 0 fully saturated rings. The number of rotatable bonds is 1. The lowest BCUT2D eigenvalue weighted by Gasteiger charge is -2.03. The summed E-state index contributed by atoms with van der Waals surface area (Å²) in [5.41, 5.74) is 5.80. The summed E-state index contributed by atoms with van der Waals surface area (Å²) in [4.78, 5) is 15.0. The third kappa shape index (κ3) is 1.50. The van der Waals surface area contributed by atoms with Gasteiger partial charge in [0, 0.05) is 6.20 Å². The highest BCUT2D eigenvalue weighted by atomic mass is 16.1. The third-order valence-electron chi connectivity index (χ3n) is 1.86. The molecule has 1 aromatic heterocycles. The lowest BCUT2D eigenvalue weighted by molar-refractivity contribution is 0.920. The average Bonchev–Trinajstić information content (AvgIpc) is 2.19. The molecule has 0 saturated carbocycles. The van der Waals surface area contributed by atoms with Crippen LogP contribution >= 0.6 is 0 Å². The molecule has 0 unspecified atom stereocenters. The van der Waals surface area contributed by atoms with E-state index in [1.165, 1.54) is 4.57 Å². The van der Waals surface area contributed by atoms with Gasteiger partial charge >= 0.3 is 5.69 Å².